The average Bonchev–Trinajstić information content (AvgIpc) is 2.66. The van der Waals surface area contributed by atoms with E-state index in [2.05, 4.69) is 10.1 Å². The van der Waals surface area contributed by atoms with Crippen molar-refractivity contribution in [3.63, 3.8) is 0 Å². The third-order valence-corrected chi connectivity index (χ3v) is 1.99. The minimum atomic E-state index is -0.750. The number of alkyl halides is 1. The predicted molar refractivity (Wildman–Crippen MR) is 49.2 cm³/mol. The Morgan fingerprint density at radius 1 is 1.33 bits per heavy atom. The quantitative estimate of drug-likeness (QED) is 0.745. The van der Waals surface area contributed by atoms with Gasteiger partial charge in [-0.2, -0.15) is 4.98 Å². The summed E-state index contributed by atoms with van der Waals surface area (Å²) in [6, 6.07) is 3.10. The molecule has 0 saturated heterocycles. The molecular formula is C9H5ClF2N2O. The van der Waals surface area contributed by atoms with Gasteiger partial charge in [-0.15, -0.1) is 11.6 Å². The monoisotopic (exact) mass is 230 g/mol. The van der Waals surface area contributed by atoms with Gasteiger partial charge in [0.2, 0.25) is 0 Å². The molecule has 15 heavy (non-hydrogen) atoms. The normalized spacial score (nSPS) is 10.6. The number of benzene rings is 1. The van der Waals surface area contributed by atoms with Gasteiger partial charge in [0, 0.05) is 6.07 Å². The van der Waals surface area contributed by atoms with Crippen molar-refractivity contribution in [3.05, 3.63) is 35.7 Å². The van der Waals surface area contributed by atoms with E-state index in [9.17, 15) is 8.78 Å². The van der Waals surface area contributed by atoms with Crippen LogP contribution in [-0.2, 0) is 5.88 Å². The summed E-state index contributed by atoms with van der Waals surface area (Å²) in [4.78, 5) is 3.82. The number of nitrogens with zero attached hydrogens (tertiary/aromatic N) is 2. The van der Waals surface area contributed by atoms with Crippen molar-refractivity contribution >= 4 is 11.6 Å². The molecule has 0 aliphatic rings. The molecule has 2 aromatic rings. The molecule has 0 N–H and O–H groups in total. The highest BCUT2D eigenvalue weighted by atomic mass is 35.5. The maximum Gasteiger partial charge on any atom is 0.260 e. The van der Waals surface area contributed by atoms with Gasteiger partial charge in [-0.25, -0.2) is 8.78 Å². The molecule has 78 valence electrons. The SMILES string of the molecule is Fc1ccc(-c2nc(CCl)no2)c(F)c1. The Bertz CT molecular complexity index is 487. The van der Waals surface area contributed by atoms with Crippen molar-refractivity contribution in [2.45, 2.75) is 5.88 Å². The molecule has 0 atom stereocenters. The van der Waals surface area contributed by atoms with Gasteiger partial charge in [0.25, 0.3) is 5.89 Å². The first-order valence-electron chi connectivity index (χ1n) is 4.04. The van der Waals surface area contributed by atoms with Gasteiger partial charge in [-0.3, -0.25) is 0 Å². The second-order valence-electron chi connectivity index (χ2n) is 2.77. The summed E-state index contributed by atoms with van der Waals surface area (Å²) in [5, 5.41) is 3.50. The molecule has 0 spiro atoms. The Kier molecular flexibility index (Phi) is 2.64. The van der Waals surface area contributed by atoms with Crippen molar-refractivity contribution in [2.24, 2.45) is 0 Å². The van der Waals surface area contributed by atoms with Gasteiger partial charge in [0.15, 0.2) is 5.82 Å². The van der Waals surface area contributed by atoms with Crippen molar-refractivity contribution in [3.8, 4) is 11.5 Å². The van der Waals surface area contributed by atoms with Crippen LogP contribution < -0.4 is 0 Å². The van der Waals surface area contributed by atoms with Crippen molar-refractivity contribution in [1.29, 1.82) is 0 Å². The van der Waals surface area contributed by atoms with Crippen LogP contribution in [-0.4, -0.2) is 10.1 Å². The molecule has 0 saturated carbocycles. The van der Waals surface area contributed by atoms with Crippen LogP contribution in [0.4, 0.5) is 8.78 Å². The summed E-state index contributed by atoms with van der Waals surface area (Å²) in [6.45, 7) is 0. The highest BCUT2D eigenvalue weighted by Crippen LogP contribution is 2.21. The fraction of sp³-hybridized carbons (Fsp3) is 0.111. The first-order chi connectivity index (χ1) is 7.20. The van der Waals surface area contributed by atoms with E-state index < -0.39 is 11.6 Å². The molecular weight excluding hydrogens is 226 g/mol. The lowest BCUT2D eigenvalue weighted by molar-refractivity contribution is 0.422. The Balaban J connectivity index is 2.44. The lowest BCUT2D eigenvalue weighted by atomic mass is 10.2. The molecule has 2 rings (SSSR count). The molecule has 6 heteroatoms. The van der Waals surface area contributed by atoms with Gasteiger partial charge in [0.05, 0.1) is 11.4 Å². The molecule has 0 bridgehead atoms. The summed E-state index contributed by atoms with van der Waals surface area (Å²) in [6.07, 6.45) is 0. The molecule has 1 aromatic carbocycles. The molecule has 1 heterocycles. The number of hydrogen-bond donors (Lipinski definition) is 0. The minimum Gasteiger partial charge on any atom is -0.334 e. The molecule has 3 nitrogen and oxygen atoms in total. The Morgan fingerprint density at radius 3 is 2.73 bits per heavy atom. The van der Waals surface area contributed by atoms with Gasteiger partial charge in [0.1, 0.15) is 11.6 Å². The molecule has 0 unspecified atom stereocenters. The molecule has 0 amide bonds. The lowest BCUT2D eigenvalue weighted by Gasteiger charge is -1.95. The molecule has 0 aliphatic carbocycles. The maximum atomic E-state index is 13.2. The van der Waals surface area contributed by atoms with Crippen LogP contribution in [0, 0.1) is 11.6 Å². The molecule has 1 aromatic heterocycles. The minimum absolute atomic E-state index is 0.0110. The zero-order chi connectivity index (χ0) is 10.8. The van der Waals surface area contributed by atoms with E-state index >= 15 is 0 Å². The zero-order valence-corrected chi connectivity index (χ0v) is 8.13. The van der Waals surface area contributed by atoms with Crippen LogP contribution in [0.2, 0.25) is 0 Å². The van der Waals surface area contributed by atoms with E-state index in [0.717, 1.165) is 12.1 Å². The smallest absolute Gasteiger partial charge is 0.260 e. The van der Waals surface area contributed by atoms with Gasteiger partial charge < -0.3 is 4.52 Å². The third kappa shape index (κ3) is 1.97. The molecule has 0 fully saturated rings. The second-order valence-corrected chi connectivity index (χ2v) is 3.04. The van der Waals surface area contributed by atoms with Crippen LogP contribution in [0.3, 0.4) is 0 Å². The van der Waals surface area contributed by atoms with E-state index in [1.807, 2.05) is 0 Å². The van der Waals surface area contributed by atoms with Crippen LogP contribution in [0.5, 0.6) is 0 Å². The van der Waals surface area contributed by atoms with Crippen LogP contribution in [0.1, 0.15) is 5.82 Å². The largest absolute Gasteiger partial charge is 0.334 e. The Morgan fingerprint density at radius 2 is 2.13 bits per heavy atom. The topological polar surface area (TPSA) is 38.9 Å². The van der Waals surface area contributed by atoms with E-state index in [1.165, 1.54) is 6.07 Å². The first kappa shape index (κ1) is 10.0. The summed E-state index contributed by atoms with van der Waals surface area (Å²) in [5.41, 5.74) is 0.0558. The lowest BCUT2D eigenvalue weighted by Crippen LogP contribution is -1.87. The second kappa shape index (κ2) is 3.94. The summed E-state index contributed by atoms with van der Waals surface area (Å²) >= 11 is 5.45. The van der Waals surface area contributed by atoms with E-state index in [0.29, 0.717) is 0 Å². The first-order valence-corrected chi connectivity index (χ1v) is 4.58. The fourth-order valence-electron chi connectivity index (χ4n) is 1.08. The Hall–Kier alpha value is -1.49. The predicted octanol–water partition coefficient (Wildman–Crippen LogP) is 2.75. The maximum absolute atomic E-state index is 13.2. The highest BCUT2D eigenvalue weighted by Gasteiger charge is 2.13. The standard InChI is InChI=1S/C9H5ClF2N2O/c10-4-8-13-9(15-14-8)6-2-1-5(11)3-7(6)12/h1-3H,4H2. The van der Waals surface area contributed by atoms with E-state index in [4.69, 9.17) is 16.1 Å². The number of rotatable bonds is 2. The summed E-state index contributed by atoms with van der Waals surface area (Å²) in [7, 11) is 0. The summed E-state index contributed by atoms with van der Waals surface area (Å²) in [5.74, 6) is -1.08. The van der Waals surface area contributed by atoms with E-state index in [1.54, 1.807) is 0 Å². The number of aromatic nitrogens is 2. The van der Waals surface area contributed by atoms with E-state index in [-0.39, 0.29) is 23.2 Å². The van der Waals surface area contributed by atoms with Crippen LogP contribution in [0.15, 0.2) is 22.7 Å². The highest BCUT2D eigenvalue weighted by molar-refractivity contribution is 6.16. The fourth-order valence-corrected chi connectivity index (χ4v) is 1.19. The molecule has 0 aliphatic heterocycles. The van der Waals surface area contributed by atoms with Crippen molar-refractivity contribution < 1.29 is 13.3 Å². The Labute approximate surface area is 88.7 Å². The number of hydrogen-bond acceptors (Lipinski definition) is 3. The van der Waals surface area contributed by atoms with Crippen LogP contribution >= 0.6 is 11.6 Å². The zero-order valence-electron chi connectivity index (χ0n) is 7.38. The number of halogens is 3. The molecule has 0 radical (unpaired) electrons. The third-order valence-electron chi connectivity index (χ3n) is 1.75. The average molecular weight is 231 g/mol. The summed E-state index contributed by atoms with van der Waals surface area (Å²) < 4.78 is 30.6. The van der Waals surface area contributed by atoms with Gasteiger partial charge in [-0.05, 0) is 12.1 Å². The van der Waals surface area contributed by atoms with Crippen molar-refractivity contribution in [1.82, 2.24) is 10.1 Å². The van der Waals surface area contributed by atoms with Gasteiger partial charge >= 0.3 is 0 Å². The van der Waals surface area contributed by atoms with Crippen molar-refractivity contribution in [2.75, 3.05) is 0 Å². The van der Waals surface area contributed by atoms with Gasteiger partial charge in [-0.1, -0.05) is 5.16 Å². The van der Waals surface area contributed by atoms with Crippen LogP contribution in [0.25, 0.3) is 11.5 Å².